The maximum Gasteiger partial charge on any atom is 0.309 e. The molecule has 0 unspecified atom stereocenters. The van der Waals surface area contributed by atoms with Gasteiger partial charge in [0.25, 0.3) is 0 Å². The number of carboxylic acids is 1. The molecule has 1 saturated carbocycles. The minimum absolute atomic E-state index is 0.246. The summed E-state index contributed by atoms with van der Waals surface area (Å²) in [6.45, 7) is 4.06. The molecule has 1 aromatic rings. The second kappa shape index (κ2) is 5.04. The van der Waals surface area contributed by atoms with Crippen molar-refractivity contribution in [1.29, 1.82) is 0 Å². The zero-order chi connectivity index (χ0) is 15.2. The first-order valence-electron chi connectivity index (χ1n) is 8.02. The van der Waals surface area contributed by atoms with E-state index in [0.717, 1.165) is 32.1 Å². The van der Waals surface area contributed by atoms with E-state index in [1.165, 1.54) is 11.1 Å². The van der Waals surface area contributed by atoms with Crippen molar-refractivity contribution < 1.29 is 15.0 Å². The molecule has 0 bridgehead atoms. The Hall–Kier alpha value is -1.51. The summed E-state index contributed by atoms with van der Waals surface area (Å²) in [5.74, 6) is 0.874. The fraction of sp³-hybridized carbons (Fsp3) is 0.611. The maximum absolute atomic E-state index is 11.8. The third-order valence-electron chi connectivity index (χ3n) is 6.03. The van der Waals surface area contributed by atoms with Gasteiger partial charge in [0.2, 0.25) is 0 Å². The lowest BCUT2D eigenvalue weighted by atomic mass is 9.54. The predicted octanol–water partition coefficient (Wildman–Crippen LogP) is 3.95. The van der Waals surface area contributed by atoms with Crippen molar-refractivity contribution in [2.24, 2.45) is 17.3 Å². The predicted molar refractivity (Wildman–Crippen MR) is 81.4 cm³/mol. The Morgan fingerprint density at radius 1 is 1.38 bits per heavy atom. The highest BCUT2D eigenvalue weighted by Crippen LogP contribution is 2.55. The van der Waals surface area contributed by atoms with E-state index in [4.69, 9.17) is 0 Å². The Bertz CT molecular complexity index is 566. The second-order valence-corrected chi connectivity index (χ2v) is 6.97. The largest absolute Gasteiger partial charge is 0.508 e. The molecular formula is C18H24O3. The lowest BCUT2D eigenvalue weighted by Crippen LogP contribution is -2.46. The van der Waals surface area contributed by atoms with E-state index in [-0.39, 0.29) is 5.92 Å². The van der Waals surface area contributed by atoms with Crippen LogP contribution in [0.25, 0.3) is 0 Å². The average Bonchev–Trinajstić information content (AvgIpc) is 2.46. The number of aryl methyl sites for hydroxylation is 1. The molecule has 0 aromatic heterocycles. The lowest BCUT2D eigenvalue weighted by Gasteiger charge is -2.49. The van der Waals surface area contributed by atoms with Crippen molar-refractivity contribution in [3.05, 3.63) is 29.3 Å². The van der Waals surface area contributed by atoms with Crippen LogP contribution in [0.4, 0.5) is 0 Å². The summed E-state index contributed by atoms with van der Waals surface area (Å²) in [5, 5.41) is 19.3. The average molecular weight is 288 g/mol. The van der Waals surface area contributed by atoms with Gasteiger partial charge in [0.1, 0.15) is 5.75 Å². The topological polar surface area (TPSA) is 57.5 Å². The third kappa shape index (κ3) is 2.14. The first-order chi connectivity index (χ1) is 9.97. The van der Waals surface area contributed by atoms with Crippen LogP contribution < -0.4 is 0 Å². The summed E-state index contributed by atoms with van der Waals surface area (Å²) in [4.78, 5) is 11.8. The molecule has 3 heteroatoms. The van der Waals surface area contributed by atoms with Gasteiger partial charge < -0.3 is 10.2 Å². The number of phenols is 1. The van der Waals surface area contributed by atoms with Crippen molar-refractivity contribution in [2.45, 2.75) is 51.9 Å². The van der Waals surface area contributed by atoms with Crippen LogP contribution in [-0.4, -0.2) is 16.2 Å². The lowest BCUT2D eigenvalue weighted by molar-refractivity contribution is -0.157. The molecule has 1 aromatic carbocycles. The molecule has 0 spiro atoms. The minimum Gasteiger partial charge on any atom is -0.508 e. The molecule has 0 saturated heterocycles. The van der Waals surface area contributed by atoms with Crippen LogP contribution in [0.1, 0.15) is 56.6 Å². The van der Waals surface area contributed by atoms with Gasteiger partial charge in [0.05, 0.1) is 5.41 Å². The van der Waals surface area contributed by atoms with Crippen LogP contribution >= 0.6 is 0 Å². The number of phenolic OH excluding ortho intramolecular Hbond substituents is 1. The molecule has 2 aliphatic carbocycles. The molecule has 4 atom stereocenters. The van der Waals surface area contributed by atoms with Crippen LogP contribution in [0.3, 0.4) is 0 Å². The molecule has 0 heterocycles. The van der Waals surface area contributed by atoms with Gasteiger partial charge in [-0.15, -0.1) is 0 Å². The Kier molecular flexibility index (Phi) is 3.46. The molecule has 114 valence electrons. The molecule has 21 heavy (non-hydrogen) atoms. The molecule has 3 rings (SSSR count). The number of hydrogen-bond donors (Lipinski definition) is 2. The first kappa shape index (κ1) is 14.4. The van der Waals surface area contributed by atoms with E-state index < -0.39 is 11.4 Å². The van der Waals surface area contributed by atoms with Gasteiger partial charge in [0.15, 0.2) is 0 Å². The van der Waals surface area contributed by atoms with Gasteiger partial charge in [-0.25, -0.2) is 0 Å². The summed E-state index contributed by atoms with van der Waals surface area (Å²) in [6.07, 6.45) is 4.63. The van der Waals surface area contributed by atoms with E-state index in [1.54, 1.807) is 6.07 Å². The van der Waals surface area contributed by atoms with Gasteiger partial charge in [-0.3, -0.25) is 4.79 Å². The number of carboxylic acid groups (broad SMARTS) is 1. The standard InChI is InChI=1S/C18H24O3/c1-3-16-15-6-4-11-10-12(19)5-7-13(11)14(15)8-9-18(16,2)17(20)21/h5,7,10,14-16,19H,3-4,6,8-9H2,1-2H3,(H,20,21)/t14-,15-,16-,18+/m1/s1. The number of benzene rings is 1. The van der Waals surface area contributed by atoms with Crippen molar-refractivity contribution in [3.63, 3.8) is 0 Å². The zero-order valence-electron chi connectivity index (χ0n) is 12.8. The quantitative estimate of drug-likeness (QED) is 0.866. The number of aromatic hydroxyl groups is 1. The SMILES string of the molecule is CC[C@@H]1[C@@H]2CCc3cc(O)ccc3[C@H]2CC[C@]1(C)C(=O)O. The normalized spacial score (nSPS) is 34.9. The van der Waals surface area contributed by atoms with Gasteiger partial charge in [-0.2, -0.15) is 0 Å². The Labute approximate surface area is 126 Å². The Morgan fingerprint density at radius 2 is 2.14 bits per heavy atom. The van der Waals surface area contributed by atoms with E-state index in [0.29, 0.717) is 17.6 Å². The van der Waals surface area contributed by atoms with E-state index >= 15 is 0 Å². The van der Waals surface area contributed by atoms with E-state index in [9.17, 15) is 15.0 Å². The first-order valence-corrected chi connectivity index (χ1v) is 8.02. The second-order valence-electron chi connectivity index (χ2n) is 6.97. The smallest absolute Gasteiger partial charge is 0.309 e. The molecule has 2 aliphatic rings. The fourth-order valence-electron chi connectivity index (χ4n) is 4.91. The van der Waals surface area contributed by atoms with Gasteiger partial charge in [-0.1, -0.05) is 19.4 Å². The number of hydrogen-bond acceptors (Lipinski definition) is 2. The third-order valence-corrected chi connectivity index (χ3v) is 6.03. The van der Waals surface area contributed by atoms with Crippen LogP contribution in [-0.2, 0) is 11.2 Å². The van der Waals surface area contributed by atoms with E-state index in [1.807, 2.05) is 13.0 Å². The highest BCUT2D eigenvalue weighted by Gasteiger charge is 2.51. The van der Waals surface area contributed by atoms with Crippen molar-refractivity contribution in [2.75, 3.05) is 0 Å². The summed E-state index contributed by atoms with van der Waals surface area (Å²) in [5.41, 5.74) is 2.02. The summed E-state index contributed by atoms with van der Waals surface area (Å²) in [6, 6.07) is 5.71. The monoisotopic (exact) mass is 288 g/mol. The molecule has 3 nitrogen and oxygen atoms in total. The molecule has 1 fully saturated rings. The zero-order valence-corrected chi connectivity index (χ0v) is 12.8. The van der Waals surface area contributed by atoms with Gasteiger partial charge >= 0.3 is 5.97 Å². The highest BCUT2D eigenvalue weighted by molar-refractivity contribution is 5.75. The van der Waals surface area contributed by atoms with Crippen molar-refractivity contribution in [1.82, 2.24) is 0 Å². The number of carbonyl (C=O) groups is 1. The molecule has 0 amide bonds. The molecule has 0 radical (unpaired) electrons. The molecule has 0 aliphatic heterocycles. The molecular weight excluding hydrogens is 264 g/mol. The minimum atomic E-state index is -0.635. The maximum atomic E-state index is 11.8. The van der Waals surface area contributed by atoms with Crippen molar-refractivity contribution >= 4 is 5.97 Å². The highest BCUT2D eigenvalue weighted by atomic mass is 16.4. The van der Waals surface area contributed by atoms with Gasteiger partial charge in [0, 0.05) is 0 Å². The summed E-state index contributed by atoms with van der Waals surface area (Å²) < 4.78 is 0. The Morgan fingerprint density at radius 3 is 2.81 bits per heavy atom. The number of aliphatic carboxylic acids is 1. The number of fused-ring (bicyclic) bond motifs is 3. The Balaban J connectivity index is 1.98. The van der Waals surface area contributed by atoms with Gasteiger partial charge in [-0.05, 0) is 73.6 Å². The number of rotatable bonds is 2. The van der Waals surface area contributed by atoms with Crippen LogP contribution in [0.15, 0.2) is 18.2 Å². The van der Waals surface area contributed by atoms with Crippen molar-refractivity contribution in [3.8, 4) is 5.75 Å². The summed E-state index contributed by atoms with van der Waals surface area (Å²) in [7, 11) is 0. The van der Waals surface area contributed by atoms with Crippen LogP contribution in [0.2, 0.25) is 0 Å². The summed E-state index contributed by atoms with van der Waals surface area (Å²) >= 11 is 0. The van der Waals surface area contributed by atoms with E-state index in [2.05, 4.69) is 13.0 Å². The van der Waals surface area contributed by atoms with Crippen LogP contribution in [0, 0.1) is 17.3 Å². The molecule has 2 N–H and O–H groups in total. The fourth-order valence-corrected chi connectivity index (χ4v) is 4.91. The van der Waals surface area contributed by atoms with Crippen LogP contribution in [0.5, 0.6) is 5.75 Å².